The highest BCUT2D eigenvalue weighted by atomic mass is 35.5. The molecule has 0 aliphatic heterocycles. The van der Waals surface area contributed by atoms with Crippen molar-refractivity contribution in [1.82, 2.24) is 4.31 Å². The SMILES string of the molecule is CCc1ccc(CN(Cc2ccco2)S(=O)(=O)c2cc(Cl)ccc2Cl)cc1. The topological polar surface area (TPSA) is 50.5 Å². The molecule has 2 aromatic carbocycles. The van der Waals surface area contributed by atoms with Crippen LogP contribution >= 0.6 is 23.2 Å². The van der Waals surface area contributed by atoms with Crippen molar-refractivity contribution in [3.8, 4) is 0 Å². The summed E-state index contributed by atoms with van der Waals surface area (Å²) in [5.74, 6) is 0.543. The number of benzene rings is 2. The van der Waals surface area contributed by atoms with Crippen molar-refractivity contribution in [1.29, 1.82) is 0 Å². The minimum Gasteiger partial charge on any atom is -0.468 e. The van der Waals surface area contributed by atoms with Crippen LogP contribution in [0, 0.1) is 0 Å². The smallest absolute Gasteiger partial charge is 0.245 e. The molecule has 142 valence electrons. The van der Waals surface area contributed by atoms with Crippen LogP contribution in [0.1, 0.15) is 23.8 Å². The van der Waals surface area contributed by atoms with E-state index < -0.39 is 10.0 Å². The van der Waals surface area contributed by atoms with Gasteiger partial charge in [0.1, 0.15) is 10.7 Å². The molecule has 0 saturated heterocycles. The highest BCUT2D eigenvalue weighted by Crippen LogP contribution is 2.29. The second-order valence-corrected chi connectivity index (χ2v) is 8.85. The second kappa shape index (κ2) is 8.48. The van der Waals surface area contributed by atoms with Gasteiger partial charge in [-0.25, -0.2) is 8.42 Å². The highest BCUT2D eigenvalue weighted by Gasteiger charge is 2.28. The van der Waals surface area contributed by atoms with E-state index in [2.05, 4.69) is 6.92 Å². The zero-order valence-electron chi connectivity index (χ0n) is 14.7. The number of halogens is 2. The number of aryl methyl sites for hydroxylation is 1. The lowest BCUT2D eigenvalue weighted by atomic mass is 10.1. The van der Waals surface area contributed by atoms with Gasteiger partial charge >= 0.3 is 0 Å². The van der Waals surface area contributed by atoms with E-state index in [0.29, 0.717) is 10.8 Å². The van der Waals surface area contributed by atoms with E-state index in [1.54, 1.807) is 18.2 Å². The van der Waals surface area contributed by atoms with E-state index in [0.717, 1.165) is 12.0 Å². The average Bonchev–Trinajstić information content (AvgIpc) is 3.17. The number of hydrogen-bond acceptors (Lipinski definition) is 3. The maximum Gasteiger partial charge on any atom is 0.245 e. The number of nitrogens with zero attached hydrogens (tertiary/aromatic N) is 1. The molecule has 1 aromatic heterocycles. The third kappa shape index (κ3) is 4.74. The molecule has 0 bridgehead atoms. The fraction of sp³-hybridized carbons (Fsp3) is 0.200. The Morgan fingerprint density at radius 3 is 2.30 bits per heavy atom. The van der Waals surface area contributed by atoms with Crippen LogP contribution in [0.4, 0.5) is 0 Å². The molecular weight excluding hydrogens is 405 g/mol. The lowest BCUT2D eigenvalue weighted by Crippen LogP contribution is -2.30. The molecule has 4 nitrogen and oxygen atoms in total. The first-order valence-electron chi connectivity index (χ1n) is 8.45. The summed E-state index contributed by atoms with van der Waals surface area (Å²) in [4.78, 5) is -0.0200. The fourth-order valence-corrected chi connectivity index (χ4v) is 4.83. The van der Waals surface area contributed by atoms with Gasteiger partial charge in [-0.05, 0) is 47.9 Å². The Labute approximate surface area is 169 Å². The van der Waals surface area contributed by atoms with Gasteiger partial charge < -0.3 is 4.42 Å². The minimum absolute atomic E-state index is 0.0200. The van der Waals surface area contributed by atoms with E-state index in [9.17, 15) is 8.42 Å². The van der Waals surface area contributed by atoms with Gasteiger partial charge in [-0.15, -0.1) is 0 Å². The Morgan fingerprint density at radius 2 is 1.67 bits per heavy atom. The number of sulfonamides is 1. The quantitative estimate of drug-likeness (QED) is 0.501. The van der Waals surface area contributed by atoms with Crippen molar-refractivity contribution in [2.24, 2.45) is 0 Å². The molecule has 0 atom stereocenters. The van der Waals surface area contributed by atoms with Gasteiger partial charge in [0.25, 0.3) is 0 Å². The number of furan rings is 1. The van der Waals surface area contributed by atoms with Crippen molar-refractivity contribution in [2.75, 3.05) is 0 Å². The molecule has 0 saturated carbocycles. The van der Waals surface area contributed by atoms with Crippen molar-refractivity contribution in [3.05, 3.63) is 87.8 Å². The van der Waals surface area contributed by atoms with Crippen molar-refractivity contribution in [3.63, 3.8) is 0 Å². The van der Waals surface area contributed by atoms with E-state index in [1.165, 1.54) is 28.3 Å². The largest absolute Gasteiger partial charge is 0.468 e. The van der Waals surface area contributed by atoms with Crippen LogP contribution in [0.25, 0.3) is 0 Å². The lowest BCUT2D eigenvalue weighted by molar-refractivity contribution is 0.358. The molecule has 0 spiro atoms. The Bertz CT molecular complexity index is 1000. The summed E-state index contributed by atoms with van der Waals surface area (Å²) >= 11 is 12.2. The molecular formula is C20H19Cl2NO3S. The van der Waals surface area contributed by atoms with Gasteiger partial charge in [0, 0.05) is 11.6 Å². The fourth-order valence-electron chi connectivity index (χ4n) is 2.70. The van der Waals surface area contributed by atoms with Crippen LogP contribution in [0.5, 0.6) is 0 Å². The summed E-state index contributed by atoms with van der Waals surface area (Å²) in [7, 11) is -3.89. The maximum absolute atomic E-state index is 13.3. The average molecular weight is 424 g/mol. The van der Waals surface area contributed by atoms with E-state index >= 15 is 0 Å². The Kier molecular flexibility index (Phi) is 6.27. The van der Waals surface area contributed by atoms with Gasteiger partial charge in [0.05, 0.1) is 17.8 Å². The molecule has 0 fully saturated rings. The van der Waals surface area contributed by atoms with Crippen molar-refractivity contribution >= 4 is 33.2 Å². The molecule has 0 unspecified atom stereocenters. The first-order valence-corrected chi connectivity index (χ1v) is 10.6. The van der Waals surface area contributed by atoms with Crippen LogP contribution in [0.15, 0.2) is 70.2 Å². The first-order chi connectivity index (χ1) is 12.9. The van der Waals surface area contributed by atoms with Gasteiger partial charge in [-0.3, -0.25) is 0 Å². The summed E-state index contributed by atoms with van der Waals surface area (Å²) in [6.45, 7) is 2.35. The highest BCUT2D eigenvalue weighted by molar-refractivity contribution is 7.89. The summed E-state index contributed by atoms with van der Waals surface area (Å²) in [6.07, 6.45) is 2.44. The summed E-state index contributed by atoms with van der Waals surface area (Å²) in [5.41, 5.74) is 2.07. The van der Waals surface area contributed by atoms with Gasteiger partial charge in [-0.1, -0.05) is 54.4 Å². The molecule has 0 aliphatic rings. The molecule has 27 heavy (non-hydrogen) atoms. The molecule has 0 amide bonds. The van der Waals surface area contributed by atoms with Crippen LogP contribution in [0.2, 0.25) is 10.0 Å². The molecule has 0 N–H and O–H groups in total. The Hall–Kier alpha value is -1.79. The monoisotopic (exact) mass is 423 g/mol. The third-order valence-electron chi connectivity index (χ3n) is 4.21. The van der Waals surface area contributed by atoms with Crippen molar-refractivity contribution < 1.29 is 12.8 Å². The van der Waals surface area contributed by atoms with E-state index in [1.807, 2.05) is 24.3 Å². The van der Waals surface area contributed by atoms with Crippen LogP contribution < -0.4 is 0 Å². The number of rotatable bonds is 7. The normalized spacial score (nSPS) is 11.9. The third-order valence-corrected chi connectivity index (χ3v) is 6.72. The van der Waals surface area contributed by atoms with E-state index in [4.69, 9.17) is 27.6 Å². The van der Waals surface area contributed by atoms with Crippen LogP contribution in [0.3, 0.4) is 0 Å². The Balaban J connectivity index is 1.98. The molecule has 3 aromatic rings. The standard InChI is InChI=1S/C20H19Cl2NO3S/c1-2-15-5-7-16(8-6-15)13-23(14-18-4-3-11-26-18)27(24,25)20-12-17(21)9-10-19(20)22/h3-12H,2,13-14H2,1H3. The molecule has 0 radical (unpaired) electrons. The summed E-state index contributed by atoms with van der Waals surface area (Å²) in [6, 6.07) is 15.7. The van der Waals surface area contributed by atoms with Crippen LogP contribution in [-0.2, 0) is 29.5 Å². The lowest BCUT2D eigenvalue weighted by Gasteiger charge is -2.22. The maximum atomic E-state index is 13.3. The van der Waals surface area contributed by atoms with Crippen molar-refractivity contribution in [2.45, 2.75) is 31.3 Å². The molecule has 1 heterocycles. The van der Waals surface area contributed by atoms with Crippen LogP contribution in [-0.4, -0.2) is 12.7 Å². The van der Waals surface area contributed by atoms with Gasteiger partial charge in [-0.2, -0.15) is 4.31 Å². The predicted molar refractivity (Wildman–Crippen MR) is 107 cm³/mol. The zero-order chi connectivity index (χ0) is 19.4. The summed E-state index contributed by atoms with van der Waals surface area (Å²) < 4.78 is 33.3. The van der Waals surface area contributed by atoms with Gasteiger partial charge in [0.2, 0.25) is 10.0 Å². The molecule has 0 aliphatic carbocycles. The van der Waals surface area contributed by atoms with Gasteiger partial charge in [0.15, 0.2) is 0 Å². The molecule has 7 heteroatoms. The number of hydrogen-bond donors (Lipinski definition) is 0. The zero-order valence-corrected chi connectivity index (χ0v) is 17.1. The molecule has 3 rings (SSSR count). The Morgan fingerprint density at radius 1 is 0.963 bits per heavy atom. The summed E-state index contributed by atoms with van der Waals surface area (Å²) in [5, 5.41) is 0.438. The predicted octanol–water partition coefficient (Wildman–Crippen LogP) is 5.54. The second-order valence-electron chi connectivity index (χ2n) is 6.10. The van der Waals surface area contributed by atoms with E-state index in [-0.39, 0.29) is 23.0 Å². The first kappa shape index (κ1) is 20.0. The minimum atomic E-state index is -3.89.